The highest BCUT2D eigenvalue weighted by atomic mass is 15.0. The van der Waals surface area contributed by atoms with Crippen LogP contribution in [0.1, 0.15) is 31.9 Å². The third-order valence-corrected chi connectivity index (χ3v) is 2.51. The van der Waals surface area contributed by atoms with Crippen LogP contribution in [-0.2, 0) is 0 Å². The first-order valence-corrected chi connectivity index (χ1v) is 4.95. The summed E-state index contributed by atoms with van der Waals surface area (Å²) in [4.78, 5) is 16.6. The largest absolute Gasteiger partial charge is 0.382 e. The van der Waals surface area contributed by atoms with Crippen LogP contribution >= 0.6 is 0 Å². The molecule has 1 unspecified atom stereocenters. The van der Waals surface area contributed by atoms with Gasteiger partial charge in [0, 0.05) is 0 Å². The van der Waals surface area contributed by atoms with Crippen molar-refractivity contribution < 1.29 is 0 Å². The van der Waals surface area contributed by atoms with E-state index < -0.39 is 0 Å². The molecule has 0 spiro atoms. The summed E-state index contributed by atoms with van der Waals surface area (Å²) in [6.07, 6.45) is 4.17. The molecule has 0 aliphatic rings. The fourth-order valence-electron chi connectivity index (χ4n) is 1.32. The van der Waals surface area contributed by atoms with E-state index in [9.17, 15) is 0 Å². The average Bonchev–Trinajstić information content (AvgIpc) is 2.28. The predicted molar refractivity (Wildman–Crippen MR) is 58.2 cm³/mol. The monoisotopic (exact) mass is 203 g/mol. The van der Waals surface area contributed by atoms with Crippen molar-refractivity contribution in [2.75, 3.05) is 5.73 Å². The van der Waals surface area contributed by atoms with Gasteiger partial charge in [-0.2, -0.15) is 0 Å². The lowest BCUT2D eigenvalue weighted by atomic mass is 10.1. The van der Waals surface area contributed by atoms with Crippen LogP contribution in [0.2, 0.25) is 0 Å². The smallest absolute Gasteiger partial charge is 0.183 e. The Morgan fingerprint density at radius 1 is 1.33 bits per heavy atom. The summed E-state index contributed by atoms with van der Waals surface area (Å²) in [6.45, 7) is 4.22. The molecule has 0 aliphatic carbocycles. The normalized spacial score (nSPS) is 12.9. The van der Waals surface area contributed by atoms with E-state index in [1.807, 2.05) is 0 Å². The molecule has 0 bridgehead atoms. The number of anilines is 1. The van der Waals surface area contributed by atoms with Crippen molar-refractivity contribution in [3.05, 3.63) is 18.2 Å². The lowest BCUT2D eigenvalue weighted by molar-refractivity contribution is 0.707. The quantitative estimate of drug-likeness (QED) is 0.800. The van der Waals surface area contributed by atoms with Crippen LogP contribution in [0.4, 0.5) is 5.82 Å². The third-order valence-electron chi connectivity index (χ3n) is 2.51. The molecule has 0 saturated heterocycles. The Morgan fingerprint density at radius 2 is 2.13 bits per heavy atom. The van der Waals surface area contributed by atoms with E-state index in [1.54, 1.807) is 6.20 Å². The molecule has 0 aromatic carbocycles. The van der Waals surface area contributed by atoms with Crippen LogP contribution in [0.5, 0.6) is 0 Å². The molecule has 5 heteroatoms. The van der Waals surface area contributed by atoms with E-state index in [0.29, 0.717) is 22.9 Å². The summed E-state index contributed by atoms with van der Waals surface area (Å²) in [5.41, 5.74) is 7.79. The molecular formula is C10H13N5. The highest BCUT2D eigenvalue weighted by Crippen LogP contribution is 2.19. The van der Waals surface area contributed by atoms with Crippen molar-refractivity contribution in [1.82, 2.24) is 19.9 Å². The van der Waals surface area contributed by atoms with E-state index >= 15 is 0 Å². The van der Waals surface area contributed by atoms with Crippen LogP contribution in [0.15, 0.2) is 12.5 Å². The number of hydrogen-bond acceptors (Lipinski definition) is 5. The van der Waals surface area contributed by atoms with Crippen molar-refractivity contribution in [2.24, 2.45) is 0 Å². The minimum atomic E-state index is 0.376. The molecule has 2 rings (SSSR count). The molecule has 2 N–H and O–H groups in total. The maximum atomic E-state index is 5.71. The first kappa shape index (κ1) is 9.76. The molecule has 5 nitrogen and oxygen atoms in total. The molecule has 2 aromatic heterocycles. The van der Waals surface area contributed by atoms with Crippen LogP contribution in [0.3, 0.4) is 0 Å². The highest BCUT2D eigenvalue weighted by Gasteiger charge is 2.09. The second-order valence-corrected chi connectivity index (χ2v) is 3.54. The lowest BCUT2D eigenvalue weighted by Gasteiger charge is -2.07. The van der Waals surface area contributed by atoms with Gasteiger partial charge in [-0.15, -0.1) is 0 Å². The number of aromatic nitrogens is 4. The summed E-state index contributed by atoms with van der Waals surface area (Å²) in [6, 6.07) is 0. The molecule has 1 atom stereocenters. The molecule has 0 saturated carbocycles. The Balaban J connectivity index is 2.59. The third kappa shape index (κ3) is 1.72. The van der Waals surface area contributed by atoms with Gasteiger partial charge in [0.15, 0.2) is 17.0 Å². The van der Waals surface area contributed by atoms with Gasteiger partial charge in [0.2, 0.25) is 0 Å². The summed E-state index contributed by atoms with van der Waals surface area (Å²) in [5.74, 6) is 0.763. The van der Waals surface area contributed by atoms with Gasteiger partial charge in [0.25, 0.3) is 0 Å². The van der Waals surface area contributed by atoms with E-state index in [1.165, 1.54) is 6.33 Å². The maximum absolute atomic E-state index is 5.71. The molecule has 2 heterocycles. The number of fused-ring (bicyclic) bond motifs is 1. The lowest BCUT2D eigenvalue weighted by Crippen LogP contribution is -2.02. The number of nitrogens with zero attached hydrogens (tertiary/aromatic N) is 4. The topological polar surface area (TPSA) is 77.6 Å². The first-order chi connectivity index (χ1) is 7.22. The predicted octanol–water partition coefficient (Wildman–Crippen LogP) is 1.52. The van der Waals surface area contributed by atoms with Gasteiger partial charge < -0.3 is 5.73 Å². The summed E-state index contributed by atoms with van der Waals surface area (Å²) >= 11 is 0. The second kappa shape index (κ2) is 3.76. The van der Waals surface area contributed by atoms with E-state index in [-0.39, 0.29) is 0 Å². The Kier molecular flexibility index (Phi) is 2.45. The zero-order chi connectivity index (χ0) is 10.8. The van der Waals surface area contributed by atoms with Crippen LogP contribution < -0.4 is 5.73 Å². The van der Waals surface area contributed by atoms with Crippen molar-refractivity contribution >= 4 is 17.0 Å². The number of nitrogen functional groups attached to an aromatic ring is 1. The molecule has 0 aliphatic heterocycles. The van der Waals surface area contributed by atoms with Gasteiger partial charge in [-0.05, 0) is 12.3 Å². The zero-order valence-corrected chi connectivity index (χ0v) is 8.81. The van der Waals surface area contributed by atoms with Gasteiger partial charge in [-0.25, -0.2) is 19.9 Å². The van der Waals surface area contributed by atoms with Gasteiger partial charge in [0.05, 0.1) is 11.9 Å². The van der Waals surface area contributed by atoms with Crippen LogP contribution in [0.25, 0.3) is 11.2 Å². The maximum Gasteiger partial charge on any atom is 0.183 e. The van der Waals surface area contributed by atoms with Crippen LogP contribution in [0, 0.1) is 0 Å². The van der Waals surface area contributed by atoms with Gasteiger partial charge in [-0.1, -0.05) is 13.8 Å². The standard InChI is InChI=1S/C10H13N5/c1-3-6(2)7-4-12-10-8(15-7)9(11)13-5-14-10/h4-6H,3H2,1-2H3,(H2,11,12,13,14). The Bertz CT molecular complexity index is 482. The Labute approximate surface area is 87.8 Å². The molecule has 0 radical (unpaired) electrons. The first-order valence-electron chi connectivity index (χ1n) is 4.95. The molecule has 2 aromatic rings. The van der Waals surface area contributed by atoms with Gasteiger partial charge >= 0.3 is 0 Å². The number of rotatable bonds is 2. The van der Waals surface area contributed by atoms with Crippen molar-refractivity contribution in [1.29, 1.82) is 0 Å². The van der Waals surface area contributed by atoms with E-state index in [0.717, 1.165) is 12.1 Å². The molecular weight excluding hydrogens is 190 g/mol. The Morgan fingerprint density at radius 3 is 2.87 bits per heavy atom. The molecule has 78 valence electrons. The molecule has 15 heavy (non-hydrogen) atoms. The summed E-state index contributed by atoms with van der Waals surface area (Å²) < 4.78 is 0. The zero-order valence-electron chi connectivity index (χ0n) is 8.81. The fraction of sp³-hybridized carbons (Fsp3) is 0.400. The van der Waals surface area contributed by atoms with Crippen molar-refractivity contribution in [3.63, 3.8) is 0 Å². The van der Waals surface area contributed by atoms with Gasteiger partial charge in [-0.3, -0.25) is 0 Å². The second-order valence-electron chi connectivity index (χ2n) is 3.54. The SMILES string of the molecule is CCC(C)c1cnc2ncnc(N)c2n1. The molecule has 0 fully saturated rings. The molecule has 0 amide bonds. The van der Waals surface area contributed by atoms with Gasteiger partial charge in [0.1, 0.15) is 6.33 Å². The highest BCUT2D eigenvalue weighted by molar-refractivity contribution is 5.80. The minimum Gasteiger partial charge on any atom is -0.382 e. The Hall–Kier alpha value is -1.78. The number of nitrogens with two attached hydrogens (primary N) is 1. The van der Waals surface area contributed by atoms with Crippen molar-refractivity contribution in [3.8, 4) is 0 Å². The fourth-order valence-corrected chi connectivity index (χ4v) is 1.32. The summed E-state index contributed by atoms with van der Waals surface area (Å²) in [5, 5.41) is 0. The average molecular weight is 203 g/mol. The summed E-state index contributed by atoms with van der Waals surface area (Å²) in [7, 11) is 0. The van der Waals surface area contributed by atoms with E-state index in [2.05, 4.69) is 33.8 Å². The van der Waals surface area contributed by atoms with Crippen molar-refractivity contribution in [2.45, 2.75) is 26.2 Å². The van der Waals surface area contributed by atoms with E-state index in [4.69, 9.17) is 5.73 Å². The minimum absolute atomic E-state index is 0.376. The number of hydrogen-bond donors (Lipinski definition) is 1. The van der Waals surface area contributed by atoms with Crippen LogP contribution in [-0.4, -0.2) is 19.9 Å².